The zero-order chi connectivity index (χ0) is 24.1. The second kappa shape index (κ2) is 10.6. The normalized spacial score (nSPS) is 14.8. The third-order valence-electron chi connectivity index (χ3n) is 5.21. The zero-order valence-corrected chi connectivity index (χ0v) is 19.3. The first-order chi connectivity index (χ1) is 16.3. The maximum Gasteiger partial charge on any atom is 0.573 e. The van der Waals surface area contributed by atoms with Crippen molar-refractivity contribution in [2.24, 2.45) is 0 Å². The largest absolute Gasteiger partial charge is 0.573 e. The van der Waals surface area contributed by atoms with Gasteiger partial charge in [0.25, 0.3) is 5.91 Å². The first-order valence-electron chi connectivity index (χ1n) is 10.7. The Labute approximate surface area is 198 Å². The number of aromatic nitrogens is 1. The van der Waals surface area contributed by atoms with E-state index in [0.29, 0.717) is 47.4 Å². The third kappa shape index (κ3) is 6.58. The van der Waals surface area contributed by atoms with Gasteiger partial charge in [0.2, 0.25) is 0 Å². The Morgan fingerprint density at radius 2 is 1.97 bits per heavy atom. The molecule has 0 bridgehead atoms. The van der Waals surface area contributed by atoms with Crippen LogP contribution in [0.3, 0.4) is 0 Å². The van der Waals surface area contributed by atoms with Gasteiger partial charge in [-0.15, -0.1) is 13.2 Å². The van der Waals surface area contributed by atoms with Crippen LogP contribution in [0.4, 0.5) is 18.3 Å². The molecule has 2 heterocycles. The second-order valence-electron chi connectivity index (χ2n) is 7.78. The molecule has 2 aromatic carbocycles. The lowest BCUT2D eigenvalue weighted by Crippen LogP contribution is -2.44. The maximum absolute atomic E-state index is 13.2. The van der Waals surface area contributed by atoms with E-state index in [-0.39, 0.29) is 18.3 Å². The summed E-state index contributed by atoms with van der Waals surface area (Å²) in [6.07, 6.45) is -4.78. The molecule has 0 spiro atoms. The summed E-state index contributed by atoms with van der Waals surface area (Å²) in [5, 5.41) is 0.394. The number of hydrogen-bond donors (Lipinski definition) is 0. The van der Waals surface area contributed by atoms with E-state index >= 15 is 0 Å². The van der Waals surface area contributed by atoms with Crippen LogP contribution in [0.15, 0.2) is 42.5 Å². The number of alkyl halides is 3. The molecule has 1 aliphatic heterocycles. The first kappa shape index (κ1) is 24.2. The first-order valence-corrected chi connectivity index (χ1v) is 11.5. The zero-order valence-electron chi connectivity index (χ0n) is 18.5. The Hall–Kier alpha value is -2.89. The molecule has 1 fully saturated rings. The number of rotatable bonds is 8. The van der Waals surface area contributed by atoms with Gasteiger partial charge in [-0.1, -0.05) is 23.5 Å². The number of morpholine rings is 1. The fourth-order valence-corrected chi connectivity index (χ4v) is 4.56. The fraction of sp³-hybridized carbons (Fsp3) is 0.391. The Balaban J connectivity index is 1.53. The number of ether oxygens (including phenoxy) is 3. The molecule has 0 saturated carbocycles. The van der Waals surface area contributed by atoms with Gasteiger partial charge in [0, 0.05) is 32.2 Å². The summed E-state index contributed by atoms with van der Waals surface area (Å²) in [7, 11) is 0. The Morgan fingerprint density at radius 3 is 2.71 bits per heavy atom. The summed E-state index contributed by atoms with van der Waals surface area (Å²) in [5.41, 5.74) is 1.50. The number of carbonyl (C=O) groups excluding carboxylic acids is 1. The Morgan fingerprint density at radius 1 is 1.18 bits per heavy atom. The average molecular weight is 496 g/mol. The lowest BCUT2D eigenvalue weighted by Gasteiger charge is -2.29. The predicted octanol–water partition coefficient (Wildman–Crippen LogP) is 4.25. The molecule has 1 aromatic heterocycles. The number of amides is 1. The minimum absolute atomic E-state index is 0.190. The topological polar surface area (TPSA) is 64.1 Å². The molecule has 182 valence electrons. The molecule has 0 N–H and O–H groups in total. The van der Waals surface area contributed by atoms with Crippen LogP contribution >= 0.6 is 11.3 Å². The highest BCUT2D eigenvalue weighted by Gasteiger charge is 2.31. The molecule has 0 radical (unpaired) electrons. The number of thiazole rings is 1. The van der Waals surface area contributed by atoms with Gasteiger partial charge in [-0.05, 0) is 36.8 Å². The molecule has 3 aromatic rings. The number of fused-ring (bicyclic) bond motifs is 1. The summed E-state index contributed by atoms with van der Waals surface area (Å²) in [6.45, 7) is 5.51. The lowest BCUT2D eigenvalue weighted by atomic mass is 10.2. The predicted molar refractivity (Wildman–Crippen MR) is 123 cm³/mol. The molecule has 1 aliphatic rings. The van der Waals surface area contributed by atoms with Gasteiger partial charge in [-0.2, -0.15) is 0 Å². The molecule has 0 unspecified atom stereocenters. The van der Waals surface area contributed by atoms with Crippen molar-refractivity contribution >= 4 is 32.6 Å². The van der Waals surface area contributed by atoms with Crippen molar-refractivity contribution in [2.45, 2.75) is 13.3 Å². The van der Waals surface area contributed by atoms with Gasteiger partial charge in [0.05, 0.1) is 23.4 Å². The smallest absolute Gasteiger partial charge is 0.484 e. The fourth-order valence-electron chi connectivity index (χ4n) is 3.53. The van der Waals surface area contributed by atoms with Crippen LogP contribution in [0.1, 0.15) is 5.56 Å². The van der Waals surface area contributed by atoms with Gasteiger partial charge in [0.1, 0.15) is 11.5 Å². The highest BCUT2D eigenvalue weighted by atomic mass is 32.1. The summed E-state index contributed by atoms with van der Waals surface area (Å²) in [5.74, 6) is -0.0375. The van der Waals surface area contributed by atoms with E-state index in [1.54, 1.807) is 6.07 Å². The Kier molecular flexibility index (Phi) is 7.54. The number of carbonyl (C=O) groups is 1. The van der Waals surface area contributed by atoms with E-state index in [0.717, 1.165) is 30.0 Å². The number of halogens is 3. The summed E-state index contributed by atoms with van der Waals surface area (Å²) in [4.78, 5) is 21.4. The number of nitrogens with zero attached hydrogens (tertiary/aromatic N) is 3. The van der Waals surface area contributed by atoms with E-state index in [9.17, 15) is 18.0 Å². The van der Waals surface area contributed by atoms with E-state index in [1.807, 2.05) is 25.1 Å². The van der Waals surface area contributed by atoms with Crippen LogP contribution in [0.25, 0.3) is 10.2 Å². The summed E-state index contributed by atoms with van der Waals surface area (Å²) in [6, 6.07) is 11.3. The van der Waals surface area contributed by atoms with Gasteiger partial charge >= 0.3 is 6.36 Å². The summed E-state index contributed by atoms with van der Waals surface area (Å²) < 4.78 is 53.4. The van der Waals surface area contributed by atoms with E-state index in [1.165, 1.54) is 23.1 Å². The van der Waals surface area contributed by atoms with Crippen molar-refractivity contribution < 1.29 is 32.2 Å². The number of benzene rings is 2. The molecule has 1 saturated heterocycles. The minimum Gasteiger partial charge on any atom is -0.484 e. The highest BCUT2D eigenvalue weighted by Crippen LogP contribution is 2.33. The minimum atomic E-state index is -4.78. The molecule has 0 aliphatic carbocycles. The third-order valence-corrected chi connectivity index (χ3v) is 6.25. The number of anilines is 1. The van der Waals surface area contributed by atoms with Crippen LogP contribution in [0, 0.1) is 6.92 Å². The molecule has 0 atom stereocenters. The quantitative estimate of drug-likeness (QED) is 0.466. The van der Waals surface area contributed by atoms with Crippen molar-refractivity contribution in [1.29, 1.82) is 0 Å². The van der Waals surface area contributed by atoms with Gasteiger partial charge in [-0.25, -0.2) is 4.98 Å². The van der Waals surface area contributed by atoms with Crippen molar-refractivity contribution in [3.63, 3.8) is 0 Å². The standard InChI is InChI=1S/C23H24F3N3O4S/c1-16-3-2-4-17(13-16)32-15-21(30)29(8-7-28-9-11-31-12-10-28)22-27-19-6-5-18(14-20(19)34-22)33-23(24,25)26/h2-6,13-14H,7-12,15H2,1H3. The van der Waals surface area contributed by atoms with Crippen molar-refractivity contribution in [2.75, 3.05) is 50.9 Å². The molecular formula is C23H24F3N3O4S. The monoisotopic (exact) mass is 495 g/mol. The van der Waals surface area contributed by atoms with E-state index in [4.69, 9.17) is 9.47 Å². The molecule has 1 amide bonds. The van der Waals surface area contributed by atoms with Crippen LogP contribution in [-0.2, 0) is 9.53 Å². The molecular weight excluding hydrogens is 471 g/mol. The van der Waals surface area contributed by atoms with Crippen LogP contribution in [-0.4, -0.2) is 68.2 Å². The number of aryl methyl sites for hydroxylation is 1. The summed E-state index contributed by atoms with van der Waals surface area (Å²) >= 11 is 1.13. The average Bonchev–Trinajstić information content (AvgIpc) is 3.20. The second-order valence-corrected chi connectivity index (χ2v) is 8.79. The van der Waals surface area contributed by atoms with E-state index < -0.39 is 6.36 Å². The molecule has 7 nitrogen and oxygen atoms in total. The maximum atomic E-state index is 13.2. The molecule has 11 heteroatoms. The highest BCUT2D eigenvalue weighted by molar-refractivity contribution is 7.22. The Bertz CT molecular complexity index is 1130. The van der Waals surface area contributed by atoms with Crippen molar-refractivity contribution in [1.82, 2.24) is 9.88 Å². The molecule has 4 rings (SSSR count). The van der Waals surface area contributed by atoms with Crippen LogP contribution in [0.2, 0.25) is 0 Å². The van der Waals surface area contributed by atoms with Crippen molar-refractivity contribution in [3.05, 3.63) is 48.0 Å². The van der Waals surface area contributed by atoms with Gasteiger partial charge < -0.3 is 14.2 Å². The molecule has 34 heavy (non-hydrogen) atoms. The van der Waals surface area contributed by atoms with Gasteiger partial charge in [0.15, 0.2) is 11.7 Å². The van der Waals surface area contributed by atoms with Crippen molar-refractivity contribution in [3.8, 4) is 11.5 Å². The lowest BCUT2D eigenvalue weighted by molar-refractivity contribution is -0.274. The van der Waals surface area contributed by atoms with E-state index in [2.05, 4.69) is 14.6 Å². The number of hydrogen-bond acceptors (Lipinski definition) is 7. The SMILES string of the molecule is Cc1cccc(OCC(=O)N(CCN2CCOCC2)c2nc3ccc(OC(F)(F)F)cc3s2)c1. The van der Waals surface area contributed by atoms with Crippen LogP contribution in [0.5, 0.6) is 11.5 Å². The van der Waals surface area contributed by atoms with Crippen LogP contribution < -0.4 is 14.4 Å². The van der Waals surface area contributed by atoms with Gasteiger partial charge in [-0.3, -0.25) is 14.6 Å².